The number of rotatable bonds is 5. The Morgan fingerprint density at radius 2 is 2.06 bits per heavy atom. The molecule has 0 aliphatic heterocycles. The molecule has 96 valence electrons. The number of nitrogens with zero attached hydrogens (tertiary/aromatic N) is 4. The van der Waals surface area contributed by atoms with Crippen LogP contribution in [0.2, 0.25) is 0 Å². The minimum atomic E-state index is 0.0295. The van der Waals surface area contributed by atoms with E-state index in [9.17, 15) is 0 Å². The Balaban J connectivity index is 2.17. The Bertz CT molecular complexity index is 481. The summed E-state index contributed by atoms with van der Waals surface area (Å²) in [5.41, 5.74) is 0. The Kier molecular flexibility index (Phi) is 3.88. The SMILES string of the molecule is CNc1nc(NC(C)c2nccs2)nc(OC)n1. The molecule has 0 aliphatic carbocycles. The molecular formula is C10H14N6OS. The first kappa shape index (κ1) is 12.5. The van der Waals surface area contributed by atoms with Crippen LogP contribution in [0.15, 0.2) is 11.6 Å². The molecule has 0 saturated carbocycles. The van der Waals surface area contributed by atoms with E-state index in [0.29, 0.717) is 11.9 Å². The van der Waals surface area contributed by atoms with E-state index in [1.807, 2.05) is 12.3 Å². The quantitative estimate of drug-likeness (QED) is 0.849. The minimum absolute atomic E-state index is 0.0295. The van der Waals surface area contributed by atoms with E-state index >= 15 is 0 Å². The highest BCUT2D eigenvalue weighted by Gasteiger charge is 2.11. The van der Waals surface area contributed by atoms with Gasteiger partial charge in [0.25, 0.3) is 0 Å². The summed E-state index contributed by atoms with van der Waals surface area (Å²) >= 11 is 1.58. The van der Waals surface area contributed by atoms with Crippen LogP contribution in [0.4, 0.5) is 11.9 Å². The predicted molar refractivity (Wildman–Crippen MR) is 70.1 cm³/mol. The number of anilines is 2. The van der Waals surface area contributed by atoms with Gasteiger partial charge in [-0.05, 0) is 6.92 Å². The Labute approximate surface area is 109 Å². The molecule has 2 aromatic rings. The van der Waals surface area contributed by atoms with Gasteiger partial charge in [-0.3, -0.25) is 0 Å². The van der Waals surface area contributed by atoms with E-state index in [0.717, 1.165) is 5.01 Å². The summed E-state index contributed by atoms with van der Waals surface area (Å²) in [6.07, 6.45) is 1.77. The van der Waals surface area contributed by atoms with E-state index in [2.05, 4.69) is 30.6 Å². The largest absolute Gasteiger partial charge is 0.467 e. The minimum Gasteiger partial charge on any atom is -0.467 e. The van der Waals surface area contributed by atoms with Crippen molar-refractivity contribution in [2.24, 2.45) is 0 Å². The van der Waals surface area contributed by atoms with E-state index in [-0.39, 0.29) is 12.1 Å². The molecule has 1 atom stereocenters. The molecule has 2 N–H and O–H groups in total. The van der Waals surface area contributed by atoms with Crippen molar-refractivity contribution >= 4 is 23.2 Å². The molecule has 1 unspecified atom stereocenters. The second-order valence-electron chi connectivity index (χ2n) is 3.46. The van der Waals surface area contributed by atoms with Crippen molar-refractivity contribution in [3.05, 3.63) is 16.6 Å². The van der Waals surface area contributed by atoms with Crippen LogP contribution in [0, 0.1) is 0 Å². The summed E-state index contributed by atoms with van der Waals surface area (Å²) in [6, 6.07) is 0.296. The first-order chi connectivity index (χ1) is 8.72. The van der Waals surface area contributed by atoms with Gasteiger partial charge in [-0.2, -0.15) is 15.0 Å². The van der Waals surface area contributed by atoms with Crippen molar-refractivity contribution in [3.8, 4) is 6.01 Å². The number of nitrogens with one attached hydrogen (secondary N) is 2. The highest BCUT2D eigenvalue weighted by molar-refractivity contribution is 7.09. The van der Waals surface area contributed by atoms with Crippen LogP contribution in [0.3, 0.4) is 0 Å². The standard InChI is InChI=1S/C10H14N6OS/c1-6(7-12-4-5-18-7)13-9-14-8(11-2)15-10(16-9)17-3/h4-6H,1-3H3,(H2,11,13,14,15,16). The molecule has 0 radical (unpaired) electrons. The Hall–Kier alpha value is -1.96. The zero-order valence-corrected chi connectivity index (χ0v) is 11.2. The van der Waals surface area contributed by atoms with Gasteiger partial charge < -0.3 is 15.4 Å². The monoisotopic (exact) mass is 266 g/mol. The van der Waals surface area contributed by atoms with Gasteiger partial charge in [-0.1, -0.05) is 0 Å². The molecule has 0 amide bonds. The summed E-state index contributed by atoms with van der Waals surface area (Å²) in [7, 11) is 3.26. The number of hydrogen-bond donors (Lipinski definition) is 2. The van der Waals surface area contributed by atoms with E-state index < -0.39 is 0 Å². The molecule has 7 nitrogen and oxygen atoms in total. The van der Waals surface area contributed by atoms with Gasteiger partial charge in [0.1, 0.15) is 5.01 Å². The molecular weight excluding hydrogens is 252 g/mol. The van der Waals surface area contributed by atoms with Gasteiger partial charge in [0.05, 0.1) is 13.2 Å². The van der Waals surface area contributed by atoms with Crippen molar-refractivity contribution in [2.45, 2.75) is 13.0 Å². The lowest BCUT2D eigenvalue weighted by Crippen LogP contribution is -2.11. The van der Waals surface area contributed by atoms with Crippen LogP contribution < -0.4 is 15.4 Å². The zero-order valence-electron chi connectivity index (χ0n) is 10.3. The van der Waals surface area contributed by atoms with Crippen LogP contribution in [0.25, 0.3) is 0 Å². The third-order valence-electron chi connectivity index (χ3n) is 2.19. The normalized spacial score (nSPS) is 11.9. The molecule has 2 aromatic heterocycles. The third kappa shape index (κ3) is 2.83. The zero-order chi connectivity index (χ0) is 13.0. The summed E-state index contributed by atoms with van der Waals surface area (Å²) in [6.45, 7) is 1.99. The van der Waals surface area contributed by atoms with Crippen molar-refractivity contribution in [1.29, 1.82) is 0 Å². The van der Waals surface area contributed by atoms with Gasteiger partial charge >= 0.3 is 6.01 Å². The molecule has 0 spiro atoms. The second kappa shape index (κ2) is 5.58. The van der Waals surface area contributed by atoms with Crippen molar-refractivity contribution in [1.82, 2.24) is 19.9 Å². The number of thiazole rings is 1. The Morgan fingerprint density at radius 3 is 2.67 bits per heavy atom. The lowest BCUT2D eigenvalue weighted by molar-refractivity contribution is 0.379. The van der Waals surface area contributed by atoms with Crippen molar-refractivity contribution in [3.63, 3.8) is 0 Å². The summed E-state index contributed by atoms with van der Waals surface area (Å²) < 4.78 is 5.01. The maximum Gasteiger partial charge on any atom is 0.322 e. The maximum atomic E-state index is 5.01. The molecule has 2 rings (SSSR count). The summed E-state index contributed by atoms with van der Waals surface area (Å²) in [4.78, 5) is 16.6. The molecule has 2 heterocycles. The Morgan fingerprint density at radius 1 is 1.28 bits per heavy atom. The number of hydrogen-bond acceptors (Lipinski definition) is 8. The fourth-order valence-electron chi connectivity index (χ4n) is 1.33. The van der Waals surface area contributed by atoms with Crippen molar-refractivity contribution < 1.29 is 4.74 Å². The molecule has 0 bridgehead atoms. The second-order valence-corrected chi connectivity index (χ2v) is 4.38. The van der Waals surface area contributed by atoms with Gasteiger partial charge in [-0.15, -0.1) is 11.3 Å². The van der Waals surface area contributed by atoms with Crippen LogP contribution in [0.1, 0.15) is 18.0 Å². The smallest absolute Gasteiger partial charge is 0.322 e. The number of ether oxygens (including phenoxy) is 1. The highest BCUT2D eigenvalue weighted by Crippen LogP contribution is 2.20. The van der Waals surface area contributed by atoms with Crippen LogP contribution >= 0.6 is 11.3 Å². The van der Waals surface area contributed by atoms with E-state index in [1.165, 1.54) is 7.11 Å². The fourth-order valence-corrected chi connectivity index (χ4v) is 1.97. The highest BCUT2D eigenvalue weighted by atomic mass is 32.1. The van der Waals surface area contributed by atoms with Crippen LogP contribution in [-0.2, 0) is 0 Å². The summed E-state index contributed by atoms with van der Waals surface area (Å²) in [5.74, 6) is 0.907. The van der Waals surface area contributed by atoms with Crippen LogP contribution in [-0.4, -0.2) is 34.1 Å². The van der Waals surface area contributed by atoms with Gasteiger partial charge in [-0.25, -0.2) is 4.98 Å². The average molecular weight is 266 g/mol. The fraction of sp³-hybridized carbons (Fsp3) is 0.400. The number of aromatic nitrogens is 4. The molecule has 8 heteroatoms. The molecule has 0 saturated heterocycles. The predicted octanol–water partition coefficient (Wildman–Crippen LogP) is 1.55. The van der Waals surface area contributed by atoms with Gasteiger partial charge in [0.2, 0.25) is 11.9 Å². The third-order valence-corrected chi connectivity index (χ3v) is 3.15. The molecule has 18 heavy (non-hydrogen) atoms. The first-order valence-corrected chi connectivity index (χ1v) is 6.24. The van der Waals surface area contributed by atoms with Gasteiger partial charge in [0, 0.05) is 18.6 Å². The van der Waals surface area contributed by atoms with Crippen LogP contribution in [0.5, 0.6) is 6.01 Å². The average Bonchev–Trinajstić information content (AvgIpc) is 2.92. The lowest BCUT2D eigenvalue weighted by atomic mass is 10.4. The first-order valence-electron chi connectivity index (χ1n) is 5.36. The summed E-state index contributed by atoms with van der Waals surface area (Å²) in [5, 5.41) is 8.92. The lowest BCUT2D eigenvalue weighted by Gasteiger charge is -2.12. The topological polar surface area (TPSA) is 84.9 Å². The van der Waals surface area contributed by atoms with Crippen molar-refractivity contribution in [2.75, 3.05) is 24.8 Å². The number of methoxy groups -OCH3 is 1. The maximum absolute atomic E-state index is 5.01. The molecule has 0 fully saturated rings. The van der Waals surface area contributed by atoms with E-state index in [1.54, 1.807) is 24.6 Å². The van der Waals surface area contributed by atoms with Gasteiger partial charge in [0.15, 0.2) is 0 Å². The molecule has 0 aromatic carbocycles. The molecule has 0 aliphatic rings. The van der Waals surface area contributed by atoms with E-state index in [4.69, 9.17) is 4.74 Å².